The minimum atomic E-state index is 0.521. The van der Waals surface area contributed by atoms with Crippen molar-refractivity contribution in [2.24, 2.45) is 11.1 Å². The second-order valence-corrected chi connectivity index (χ2v) is 6.24. The molecule has 94 valence electrons. The predicted octanol–water partition coefficient (Wildman–Crippen LogP) is 3.87. The molecule has 0 aromatic heterocycles. The van der Waals surface area contributed by atoms with Crippen molar-refractivity contribution < 1.29 is 0 Å². The van der Waals surface area contributed by atoms with E-state index in [-0.39, 0.29) is 0 Å². The fourth-order valence-electron chi connectivity index (χ4n) is 3.15. The Morgan fingerprint density at radius 1 is 1.35 bits per heavy atom. The van der Waals surface area contributed by atoms with Crippen molar-refractivity contribution in [3.63, 3.8) is 0 Å². The van der Waals surface area contributed by atoms with Crippen molar-refractivity contribution in [2.75, 3.05) is 6.54 Å². The van der Waals surface area contributed by atoms with Gasteiger partial charge in [-0.05, 0) is 54.7 Å². The summed E-state index contributed by atoms with van der Waals surface area (Å²) in [5.41, 5.74) is 9.08. The number of hydrogen-bond acceptors (Lipinski definition) is 1. The summed E-state index contributed by atoms with van der Waals surface area (Å²) in [4.78, 5) is 0. The lowest BCUT2D eigenvalue weighted by atomic mass is 9.70. The van der Waals surface area contributed by atoms with Crippen molar-refractivity contribution in [3.05, 3.63) is 35.4 Å². The Balaban J connectivity index is 2.13. The molecular formula is C16H25N. The largest absolute Gasteiger partial charge is 0.330 e. The van der Waals surface area contributed by atoms with Gasteiger partial charge in [0.25, 0.3) is 0 Å². The van der Waals surface area contributed by atoms with Crippen LogP contribution < -0.4 is 5.73 Å². The molecule has 1 aromatic carbocycles. The summed E-state index contributed by atoms with van der Waals surface area (Å²) in [6.45, 7) is 5.56. The van der Waals surface area contributed by atoms with Gasteiger partial charge < -0.3 is 5.73 Å². The van der Waals surface area contributed by atoms with Crippen LogP contribution in [-0.4, -0.2) is 6.54 Å². The minimum absolute atomic E-state index is 0.521. The molecule has 1 nitrogen and oxygen atoms in total. The SMILES string of the molecule is CC1(C)CCCC(c2cccc(CCN)c2)C1. The molecule has 0 radical (unpaired) electrons. The quantitative estimate of drug-likeness (QED) is 0.839. The molecular weight excluding hydrogens is 206 g/mol. The van der Waals surface area contributed by atoms with E-state index >= 15 is 0 Å². The Morgan fingerprint density at radius 3 is 2.88 bits per heavy atom. The first-order valence-corrected chi connectivity index (χ1v) is 6.90. The van der Waals surface area contributed by atoms with E-state index in [2.05, 4.69) is 38.1 Å². The van der Waals surface area contributed by atoms with Crippen LogP contribution in [-0.2, 0) is 6.42 Å². The molecule has 1 aromatic rings. The minimum Gasteiger partial charge on any atom is -0.330 e. The van der Waals surface area contributed by atoms with E-state index in [1.54, 1.807) is 0 Å². The average Bonchev–Trinajstić information content (AvgIpc) is 2.28. The highest BCUT2D eigenvalue weighted by atomic mass is 14.5. The molecule has 1 unspecified atom stereocenters. The van der Waals surface area contributed by atoms with Crippen LogP contribution >= 0.6 is 0 Å². The first-order valence-electron chi connectivity index (χ1n) is 6.90. The van der Waals surface area contributed by atoms with Crippen molar-refractivity contribution in [1.82, 2.24) is 0 Å². The number of nitrogens with two attached hydrogens (primary N) is 1. The highest BCUT2D eigenvalue weighted by Crippen LogP contribution is 2.43. The second kappa shape index (κ2) is 5.22. The van der Waals surface area contributed by atoms with Crippen LogP contribution in [0.15, 0.2) is 24.3 Å². The Bertz CT molecular complexity index is 368. The third kappa shape index (κ3) is 3.32. The number of benzene rings is 1. The van der Waals surface area contributed by atoms with Crippen molar-refractivity contribution in [1.29, 1.82) is 0 Å². The van der Waals surface area contributed by atoms with Gasteiger partial charge in [-0.1, -0.05) is 44.5 Å². The second-order valence-electron chi connectivity index (χ2n) is 6.24. The van der Waals surface area contributed by atoms with Gasteiger partial charge in [-0.3, -0.25) is 0 Å². The molecule has 1 fully saturated rings. The van der Waals surface area contributed by atoms with Crippen LogP contribution in [0.3, 0.4) is 0 Å². The average molecular weight is 231 g/mol. The monoisotopic (exact) mass is 231 g/mol. The van der Waals surface area contributed by atoms with E-state index in [0.29, 0.717) is 5.41 Å². The summed E-state index contributed by atoms with van der Waals surface area (Å²) in [6, 6.07) is 9.07. The Morgan fingerprint density at radius 2 is 2.18 bits per heavy atom. The normalized spacial score (nSPS) is 23.6. The fourth-order valence-corrected chi connectivity index (χ4v) is 3.15. The maximum atomic E-state index is 5.63. The summed E-state index contributed by atoms with van der Waals surface area (Å²) in [6.07, 6.45) is 6.45. The zero-order valence-electron chi connectivity index (χ0n) is 11.2. The van der Waals surface area contributed by atoms with Crippen LogP contribution in [0.5, 0.6) is 0 Å². The summed E-state index contributed by atoms with van der Waals surface area (Å²) in [5, 5.41) is 0. The van der Waals surface area contributed by atoms with Gasteiger partial charge in [0.2, 0.25) is 0 Å². The third-order valence-corrected chi connectivity index (χ3v) is 4.06. The molecule has 0 bridgehead atoms. The fraction of sp³-hybridized carbons (Fsp3) is 0.625. The van der Waals surface area contributed by atoms with Gasteiger partial charge in [0.05, 0.1) is 0 Å². The molecule has 17 heavy (non-hydrogen) atoms. The third-order valence-electron chi connectivity index (χ3n) is 4.06. The molecule has 1 aliphatic rings. The molecule has 2 rings (SSSR count). The van der Waals surface area contributed by atoms with Crippen molar-refractivity contribution in [2.45, 2.75) is 51.9 Å². The van der Waals surface area contributed by atoms with Crippen molar-refractivity contribution in [3.8, 4) is 0 Å². The van der Waals surface area contributed by atoms with Gasteiger partial charge in [-0.2, -0.15) is 0 Å². The van der Waals surface area contributed by atoms with E-state index in [0.717, 1.165) is 18.9 Å². The highest BCUT2D eigenvalue weighted by molar-refractivity contribution is 5.27. The lowest BCUT2D eigenvalue weighted by Crippen LogP contribution is -2.21. The molecule has 0 saturated heterocycles. The van der Waals surface area contributed by atoms with Crippen LogP contribution in [0.4, 0.5) is 0 Å². The smallest absolute Gasteiger partial charge is 0.00367 e. The Kier molecular flexibility index (Phi) is 3.88. The van der Waals surface area contributed by atoms with Gasteiger partial charge in [0, 0.05) is 0 Å². The molecule has 1 aliphatic carbocycles. The lowest BCUT2D eigenvalue weighted by molar-refractivity contribution is 0.219. The van der Waals surface area contributed by atoms with Crippen LogP contribution in [0.1, 0.15) is 56.6 Å². The zero-order valence-corrected chi connectivity index (χ0v) is 11.2. The van der Waals surface area contributed by atoms with Crippen LogP contribution in [0, 0.1) is 5.41 Å². The standard InChI is InChI=1S/C16H25N/c1-16(2)9-4-7-15(12-16)14-6-3-5-13(11-14)8-10-17/h3,5-6,11,15H,4,7-10,12,17H2,1-2H3. The summed E-state index contributed by atoms with van der Waals surface area (Å²) >= 11 is 0. The molecule has 0 heterocycles. The molecule has 1 saturated carbocycles. The number of hydrogen-bond donors (Lipinski definition) is 1. The molecule has 1 atom stereocenters. The van der Waals surface area contributed by atoms with E-state index in [9.17, 15) is 0 Å². The van der Waals surface area contributed by atoms with Crippen molar-refractivity contribution >= 4 is 0 Å². The number of rotatable bonds is 3. The maximum absolute atomic E-state index is 5.63. The first-order chi connectivity index (χ1) is 8.11. The van der Waals surface area contributed by atoms with Gasteiger partial charge >= 0.3 is 0 Å². The van der Waals surface area contributed by atoms with Gasteiger partial charge in [0.1, 0.15) is 0 Å². The van der Waals surface area contributed by atoms with Crippen LogP contribution in [0.2, 0.25) is 0 Å². The van der Waals surface area contributed by atoms with E-state index < -0.39 is 0 Å². The Labute approximate surface area is 105 Å². The summed E-state index contributed by atoms with van der Waals surface area (Å²) in [5.74, 6) is 0.761. The summed E-state index contributed by atoms with van der Waals surface area (Å²) < 4.78 is 0. The maximum Gasteiger partial charge on any atom is -0.00367 e. The Hall–Kier alpha value is -0.820. The van der Waals surface area contributed by atoms with Gasteiger partial charge in [-0.25, -0.2) is 0 Å². The lowest BCUT2D eigenvalue weighted by Gasteiger charge is -2.35. The first kappa shape index (κ1) is 12.6. The molecule has 0 spiro atoms. The van der Waals surface area contributed by atoms with Gasteiger partial charge in [0.15, 0.2) is 0 Å². The molecule has 2 N–H and O–H groups in total. The molecule has 1 heteroatoms. The van der Waals surface area contributed by atoms with E-state index in [1.807, 2.05) is 0 Å². The molecule has 0 amide bonds. The summed E-state index contributed by atoms with van der Waals surface area (Å²) in [7, 11) is 0. The van der Waals surface area contributed by atoms with Crippen LogP contribution in [0.25, 0.3) is 0 Å². The predicted molar refractivity (Wildman–Crippen MR) is 74.2 cm³/mol. The van der Waals surface area contributed by atoms with E-state index in [4.69, 9.17) is 5.73 Å². The van der Waals surface area contributed by atoms with E-state index in [1.165, 1.54) is 36.8 Å². The molecule has 0 aliphatic heterocycles. The van der Waals surface area contributed by atoms with Gasteiger partial charge in [-0.15, -0.1) is 0 Å². The zero-order chi connectivity index (χ0) is 12.3. The topological polar surface area (TPSA) is 26.0 Å². The highest BCUT2D eigenvalue weighted by Gasteiger charge is 2.28.